The summed E-state index contributed by atoms with van der Waals surface area (Å²) in [6, 6.07) is 21.0. The van der Waals surface area contributed by atoms with E-state index in [1.807, 2.05) is 13.0 Å². The largest absolute Gasteiger partial charge is 0.357 e. The lowest BCUT2D eigenvalue weighted by Crippen LogP contribution is -2.50. The number of nitrogens with one attached hydrogen (secondary N) is 1. The minimum Gasteiger partial charge on any atom is -0.357 e. The van der Waals surface area contributed by atoms with Gasteiger partial charge in [-0.3, -0.25) is 13.9 Å². The molecule has 35 heavy (non-hydrogen) atoms. The van der Waals surface area contributed by atoms with Crippen LogP contribution >= 0.6 is 11.6 Å². The maximum absolute atomic E-state index is 13.6. The van der Waals surface area contributed by atoms with E-state index in [4.69, 9.17) is 11.6 Å². The van der Waals surface area contributed by atoms with Crippen molar-refractivity contribution in [1.29, 1.82) is 0 Å². The van der Waals surface area contributed by atoms with E-state index in [9.17, 15) is 18.0 Å². The van der Waals surface area contributed by atoms with E-state index in [1.54, 1.807) is 67.6 Å². The number of halogens is 1. The number of anilines is 1. The lowest BCUT2D eigenvalue weighted by molar-refractivity contribution is -0.139. The van der Waals surface area contributed by atoms with E-state index in [0.717, 1.165) is 15.4 Å². The van der Waals surface area contributed by atoms with Gasteiger partial charge in [-0.05, 0) is 61.4 Å². The van der Waals surface area contributed by atoms with Gasteiger partial charge in [-0.2, -0.15) is 0 Å². The molecule has 3 aromatic carbocycles. The summed E-state index contributed by atoms with van der Waals surface area (Å²) in [5.74, 6) is -0.893. The number of nitrogens with zero attached hydrogens (tertiary/aromatic N) is 2. The Balaban J connectivity index is 2.02. The van der Waals surface area contributed by atoms with Gasteiger partial charge in [0.05, 0.1) is 10.6 Å². The molecule has 0 aliphatic rings. The first-order valence-electron chi connectivity index (χ1n) is 11.0. The van der Waals surface area contributed by atoms with Crippen molar-refractivity contribution >= 4 is 39.1 Å². The predicted octanol–water partition coefficient (Wildman–Crippen LogP) is 4.01. The third-order valence-corrected chi connectivity index (χ3v) is 7.58. The second kappa shape index (κ2) is 11.4. The number of sulfonamides is 1. The van der Waals surface area contributed by atoms with Gasteiger partial charge in [0.2, 0.25) is 11.8 Å². The van der Waals surface area contributed by atoms with Gasteiger partial charge in [0.25, 0.3) is 10.0 Å². The first-order valence-corrected chi connectivity index (χ1v) is 12.8. The zero-order valence-electron chi connectivity index (χ0n) is 19.8. The van der Waals surface area contributed by atoms with Crippen molar-refractivity contribution in [1.82, 2.24) is 10.2 Å². The number of hydrogen-bond donors (Lipinski definition) is 1. The first-order chi connectivity index (χ1) is 16.6. The number of benzene rings is 3. The van der Waals surface area contributed by atoms with Crippen LogP contribution in [-0.2, 0) is 26.2 Å². The van der Waals surface area contributed by atoms with E-state index < -0.39 is 28.5 Å². The monoisotopic (exact) mass is 513 g/mol. The topological polar surface area (TPSA) is 86.8 Å². The van der Waals surface area contributed by atoms with Crippen LogP contribution in [0.25, 0.3) is 0 Å². The number of carbonyl (C=O) groups excluding carboxylic acids is 2. The highest BCUT2D eigenvalue weighted by Gasteiger charge is 2.32. The molecule has 0 radical (unpaired) electrons. The molecule has 3 rings (SSSR count). The molecule has 2 amide bonds. The highest BCUT2D eigenvalue weighted by atomic mass is 35.5. The van der Waals surface area contributed by atoms with Crippen molar-refractivity contribution in [2.45, 2.75) is 31.3 Å². The first kappa shape index (κ1) is 26.2. The van der Waals surface area contributed by atoms with Gasteiger partial charge in [-0.25, -0.2) is 8.42 Å². The molecule has 0 aliphatic heterocycles. The minimum absolute atomic E-state index is 0.0649. The predicted molar refractivity (Wildman–Crippen MR) is 138 cm³/mol. The third-order valence-electron chi connectivity index (χ3n) is 5.56. The third kappa shape index (κ3) is 6.41. The highest BCUT2D eigenvalue weighted by molar-refractivity contribution is 7.92. The normalized spacial score (nSPS) is 12.0. The Morgan fingerprint density at radius 1 is 0.971 bits per heavy atom. The van der Waals surface area contributed by atoms with Crippen LogP contribution < -0.4 is 9.62 Å². The van der Waals surface area contributed by atoms with Crippen LogP contribution in [0.15, 0.2) is 83.8 Å². The molecular weight excluding hydrogens is 486 g/mol. The van der Waals surface area contributed by atoms with E-state index in [-0.39, 0.29) is 17.3 Å². The Bertz CT molecular complexity index is 1300. The summed E-state index contributed by atoms with van der Waals surface area (Å²) in [5.41, 5.74) is 1.92. The molecule has 0 unspecified atom stereocenters. The van der Waals surface area contributed by atoms with Gasteiger partial charge in [0.15, 0.2) is 0 Å². The standard InChI is InChI=1S/C26H28ClN3O4S/c1-19-9-7-12-23(15-19)30(35(33,34)24-13-5-4-6-14-24)18-25(31)29(20(2)26(32)28-3)17-21-10-8-11-22(27)16-21/h4-16,20H,17-18H2,1-3H3,(H,28,32)/t20-/m0/s1. The molecule has 1 atom stereocenters. The zero-order chi connectivity index (χ0) is 25.6. The summed E-state index contributed by atoms with van der Waals surface area (Å²) < 4.78 is 28.3. The van der Waals surface area contributed by atoms with E-state index in [2.05, 4.69) is 5.32 Å². The Labute approximate surface area is 211 Å². The zero-order valence-corrected chi connectivity index (χ0v) is 21.4. The van der Waals surface area contributed by atoms with Gasteiger partial charge in [0.1, 0.15) is 12.6 Å². The van der Waals surface area contributed by atoms with Crippen molar-refractivity contribution in [3.63, 3.8) is 0 Å². The van der Waals surface area contributed by atoms with Crippen LogP contribution in [0, 0.1) is 6.92 Å². The number of rotatable bonds is 9. The quantitative estimate of drug-likeness (QED) is 0.468. The average molecular weight is 514 g/mol. The second-order valence-corrected chi connectivity index (χ2v) is 10.4. The van der Waals surface area contributed by atoms with Gasteiger partial charge in [-0.15, -0.1) is 0 Å². The molecule has 3 aromatic rings. The number of aryl methyl sites for hydroxylation is 1. The fourth-order valence-corrected chi connectivity index (χ4v) is 5.29. The Morgan fingerprint density at radius 3 is 2.29 bits per heavy atom. The van der Waals surface area contributed by atoms with Crippen LogP contribution in [0.5, 0.6) is 0 Å². The number of likely N-dealkylation sites (N-methyl/N-ethyl adjacent to an activating group) is 1. The second-order valence-electron chi connectivity index (χ2n) is 8.11. The molecule has 0 heterocycles. The average Bonchev–Trinajstić information content (AvgIpc) is 2.85. The molecule has 0 bridgehead atoms. The smallest absolute Gasteiger partial charge is 0.264 e. The van der Waals surface area contributed by atoms with Crippen molar-refractivity contribution in [2.24, 2.45) is 0 Å². The summed E-state index contributed by atoms with van der Waals surface area (Å²) in [6.07, 6.45) is 0. The molecule has 0 aliphatic carbocycles. The summed E-state index contributed by atoms with van der Waals surface area (Å²) >= 11 is 6.11. The maximum atomic E-state index is 13.6. The van der Waals surface area contributed by atoms with Crippen molar-refractivity contribution in [3.05, 3.63) is 95.0 Å². The fraction of sp³-hybridized carbons (Fsp3) is 0.231. The summed E-state index contributed by atoms with van der Waals surface area (Å²) in [4.78, 5) is 27.5. The van der Waals surface area contributed by atoms with E-state index >= 15 is 0 Å². The molecule has 0 saturated heterocycles. The molecule has 1 N–H and O–H groups in total. The maximum Gasteiger partial charge on any atom is 0.264 e. The van der Waals surface area contributed by atoms with Gasteiger partial charge in [0, 0.05) is 18.6 Å². The summed E-state index contributed by atoms with van der Waals surface area (Å²) in [6.45, 7) is 3.05. The van der Waals surface area contributed by atoms with E-state index in [1.165, 1.54) is 24.1 Å². The van der Waals surface area contributed by atoms with Crippen LogP contribution in [0.4, 0.5) is 5.69 Å². The molecule has 184 valence electrons. The summed E-state index contributed by atoms with van der Waals surface area (Å²) in [5, 5.41) is 3.05. The molecule has 0 aromatic heterocycles. The number of carbonyl (C=O) groups is 2. The molecule has 0 spiro atoms. The Hall–Kier alpha value is -3.36. The fourth-order valence-electron chi connectivity index (χ4n) is 3.66. The van der Waals surface area contributed by atoms with Gasteiger partial charge >= 0.3 is 0 Å². The Kier molecular flexibility index (Phi) is 8.53. The minimum atomic E-state index is -4.07. The lowest BCUT2D eigenvalue weighted by atomic mass is 10.1. The molecule has 0 saturated carbocycles. The molecule has 0 fully saturated rings. The van der Waals surface area contributed by atoms with Crippen molar-refractivity contribution < 1.29 is 18.0 Å². The van der Waals surface area contributed by atoms with Crippen LogP contribution in [0.3, 0.4) is 0 Å². The number of hydrogen-bond acceptors (Lipinski definition) is 4. The van der Waals surface area contributed by atoms with E-state index in [0.29, 0.717) is 10.7 Å². The molecular formula is C26H28ClN3O4S. The van der Waals surface area contributed by atoms with Gasteiger partial charge in [-0.1, -0.05) is 54.1 Å². The van der Waals surface area contributed by atoms with Crippen LogP contribution in [-0.4, -0.2) is 44.8 Å². The van der Waals surface area contributed by atoms with Crippen molar-refractivity contribution in [3.8, 4) is 0 Å². The van der Waals surface area contributed by atoms with Crippen LogP contribution in [0.2, 0.25) is 5.02 Å². The van der Waals surface area contributed by atoms with Gasteiger partial charge < -0.3 is 10.2 Å². The molecule has 7 nitrogen and oxygen atoms in total. The SMILES string of the molecule is CNC(=O)[C@H](C)N(Cc1cccc(Cl)c1)C(=O)CN(c1cccc(C)c1)S(=O)(=O)c1ccccc1. The summed E-state index contributed by atoms with van der Waals surface area (Å²) in [7, 11) is -2.58. The highest BCUT2D eigenvalue weighted by Crippen LogP contribution is 2.25. The Morgan fingerprint density at radius 2 is 1.66 bits per heavy atom. The number of amides is 2. The van der Waals surface area contributed by atoms with Crippen LogP contribution in [0.1, 0.15) is 18.1 Å². The lowest BCUT2D eigenvalue weighted by Gasteiger charge is -2.32. The van der Waals surface area contributed by atoms with Crippen molar-refractivity contribution in [2.75, 3.05) is 17.9 Å². The molecule has 9 heteroatoms.